The van der Waals surface area contributed by atoms with E-state index in [1.165, 1.54) is 23.1 Å². The van der Waals surface area contributed by atoms with Crippen LogP contribution in [0.15, 0.2) is 16.0 Å². The van der Waals surface area contributed by atoms with Gasteiger partial charge in [-0.3, -0.25) is 9.59 Å². The fourth-order valence-electron chi connectivity index (χ4n) is 1.76. The average molecular weight is 383 g/mol. The summed E-state index contributed by atoms with van der Waals surface area (Å²) in [5.74, 6) is 0.744. The molecule has 2 N–H and O–H groups in total. The summed E-state index contributed by atoms with van der Waals surface area (Å²) >= 11 is 2.64. The van der Waals surface area contributed by atoms with Gasteiger partial charge >= 0.3 is 0 Å². The summed E-state index contributed by atoms with van der Waals surface area (Å²) < 4.78 is 4.89. The molecule has 0 radical (unpaired) electrons. The number of carbonyl (C=O) groups excluding carboxylic acids is 2. The molecule has 0 aromatic carbocycles. The molecule has 2 aromatic rings. The number of thiazole rings is 1. The van der Waals surface area contributed by atoms with E-state index in [-0.39, 0.29) is 23.0 Å². The molecule has 136 valence electrons. The molecule has 0 bridgehead atoms. The smallest absolute Gasteiger partial charge is 0.238 e. The number of thioether (sulfide) groups is 1. The van der Waals surface area contributed by atoms with Gasteiger partial charge in [-0.15, -0.1) is 23.1 Å². The number of amides is 2. The second-order valence-corrected chi connectivity index (χ2v) is 8.79. The summed E-state index contributed by atoms with van der Waals surface area (Å²) in [6, 6.07) is 1.64. The molecular formula is C16H22N4O3S2. The maximum atomic E-state index is 12.1. The van der Waals surface area contributed by atoms with Crippen LogP contribution >= 0.6 is 23.1 Å². The lowest BCUT2D eigenvalue weighted by molar-refractivity contribution is -0.115. The molecule has 2 aromatic heterocycles. The van der Waals surface area contributed by atoms with Crippen LogP contribution in [0, 0.1) is 6.92 Å². The maximum Gasteiger partial charge on any atom is 0.238 e. The summed E-state index contributed by atoms with van der Waals surface area (Å²) in [4.78, 5) is 28.5. The van der Waals surface area contributed by atoms with Gasteiger partial charge in [-0.1, -0.05) is 25.9 Å². The molecule has 25 heavy (non-hydrogen) atoms. The first-order valence-electron chi connectivity index (χ1n) is 7.77. The Kier molecular flexibility index (Phi) is 6.23. The molecule has 0 aliphatic carbocycles. The highest BCUT2D eigenvalue weighted by atomic mass is 32.2. The van der Waals surface area contributed by atoms with E-state index in [0.29, 0.717) is 16.7 Å². The minimum atomic E-state index is -0.399. The van der Waals surface area contributed by atoms with E-state index in [4.69, 9.17) is 4.52 Å². The van der Waals surface area contributed by atoms with Crippen LogP contribution < -0.4 is 10.6 Å². The van der Waals surface area contributed by atoms with Crippen molar-refractivity contribution in [2.75, 3.05) is 16.4 Å². The Balaban J connectivity index is 1.79. The second-order valence-electron chi connectivity index (χ2n) is 6.60. The lowest BCUT2D eigenvalue weighted by Gasteiger charge is -2.14. The first-order chi connectivity index (χ1) is 11.6. The molecule has 0 aliphatic rings. The highest BCUT2D eigenvalue weighted by Crippen LogP contribution is 2.26. The molecular weight excluding hydrogens is 360 g/mol. The van der Waals surface area contributed by atoms with Crippen LogP contribution in [-0.2, 0) is 15.0 Å². The van der Waals surface area contributed by atoms with Gasteiger partial charge in [0, 0.05) is 16.9 Å². The van der Waals surface area contributed by atoms with Crippen molar-refractivity contribution in [1.82, 2.24) is 10.1 Å². The minimum absolute atomic E-state index is 0.0553. The van der Waals surface area contributed by atoms with E-state index in [2.05, 4.69) is 41.5 Å². The molecule has 1 unspecified atom stereocenters. The van der Waals surface area contributed by atoms with Crippen molar-refractivity contribution in [1.29, 1.82) is 0 Å². The van der Waals surface area contributed by atoms with E-state index in [1.807, 2.05) is 5.38 Å². The largest absolute Gasteiger partial charge is 0.360 e. The third-order valence-electron chi connectivity index (χ3n) is 3.23. The van der Waals surface area contributed by atoms with Crippen molar-refractivity contribution >= 4 is 45.9 Å². The van der Waals surface area contributed by atoms with Gasteiger partial charge in [-0.05, 0) is 13.8 Å². The van der Waals surface area contributed by atoms with Crippen LogP contribution in [0.5, 0.6) is 0 Å². The third kappa shape index (κ3) is 5.86. The number of carbonyl (C=O) groups is 2. The van der Waals surface area contributed by atoms with E-state index in [1.54, 1.807) is 19.9 Å². The normalized spacial score (nSPS) is 12.7. The standard InChI is InChI=1S/C16H22N4O3S2/c1-9-6-12(20-23-9)18-14(22)10(2)24-8-13(21)19-15-17-11(7-25-15)16(3,4)5/h6-7,10H,8H2,1-5H3,(H,17,19,21)(H,18,20,22). The fourth-order valence-corrected chi connectivity index (χ4v) is 3.40. The average Bonchev–Trinajstić information content (AvgIpc) is 3.13. The quantitative estimate of drug-likeness (QED) is 0.794. The monoisotopic (exact) mass is 382 g/mol. The Bertz CT molecular complexity index is 749. The van der Waals surface area contributed by atoms with Gasteiger partial charge in [0.05, 0.1) is 16.7 Å². The first kappa shape index (κ1) is 19.5. The maximum absolute atomic E-state index is 12.1. The number of hydrogen-bond donors (Lipinski definition) is 2. The summed E-state index contributed by atoms with van der Waals surface area (Å²) in [6.07, 6.45) is 0. The molecule has 0 aliphatic heterocycles. The van der Waals surface area contributed by atoms with Crippen molar-refractivity contribution in [3.8, 4) is 0 Å². The zero-order valence-corrected chi connectivity index (χ0v) is 16.5. The van der Waals surface area contributed by atoms with E-state index in [0.717, 1.165) is 5.69 Å². The zero-order valence-electron chi connectivity index (χ0n) is 14.9. The van der Waals surface area contributed by atoms with Crippen LogP contribution in [0.1, 0.15) is 39.1 Å². The Morgan fingerprint density at radius 2 is 2.08 bits per heavy atom. The van der Waals surface area contributed by atoms with Crippen molar-refractivity contribution in [2.45, 2.75) is 45.3 Å². The number of aryl methyl sites for hydroxylation is 1. The van der Waals surface area contributed by atoms with Crippen LogP contribution in [0.2, 0.25) is 0 Å². The molecule has 2 rings (SSSR count). The Morgan fingerprint density at radius 1 is 1.36 bits per heavy atom. The predicted octanol–water partition coefficient (Wildman–Crippen LogP) is 3.44. The van der Waals surface area contributed by atoms with Gasteiger partial charge in [-0.2, -0.15) is 0 Å². The number of nitrogens with one attached hydrogen (secondary N) is 2. The van der Waals surface area contributed by atoms with Gasteiger partial charge in [0.15, 0.2) is 10.9 Å². The van der Waals surface area contributed by atoms with Crippen LogP contribution in [-0.4, -0.2) is 33.0 Å². The second kappa shape index (κ2) is 8.01. The summed E-state index contributed by atoms with van der Waals surface area (Å²) in [5, 5.41) is 11.2. The number of aromatic nitrogens is 2. The molecule has 0 spiro atoms. The van der Waals surface area contributed by atoms with E-state index in [9.17, 15) is 9.59 Å². The predicted molar refractivity (Wildman–Crippen MR) is 101 cm³/mol. The van der Waals surface area contributed by atoms with Crippen molar-refractivity contribution in [3.05, 3.63) is 22.9 Å². The van der Waals surface area contributed by atoms with Gasteiger partial charge < -0.3 is 15.2 Å². The van der Waals surface area contributed by atoms with Crippen molar-refractivity contribution < 1.29 is 14.1 Å². The highest BCUT2D eigenvalue weighted by molar-refractivity contribution is 8.01. The summed E-state index contributed by atoms with van der Waals surface area (Å²) in [7, 11) is 0. The highest BCUT2D eigenvalue weighted by Gasteiger charge is 2.19. The summed E-state index contributed by atoms with van der Waals surface area (Å²) in [5.41, 5.74) is 0.886. The number of hydrogen-bond acceptors (Lipinski definition) is 7. The van der Waals surface area contributed by atoms with Crippen LogP contribution in [0.3, 0.4) is 0 Å². The first-order valence-corrected chi connectivity index (χ1v) is 9.69. The molecule has 2 amide bonds. The van der Waals surface area contributed by atoms with Crippen LogP contribution in [0.25, 0.3) is 0 Å². The zero-order chi connectivity index (χ0) is 18.6. The Labute approximate surface area is 155 Å². The van der Waals surface area contributed by atoms with Crippen molar-refractivity contribution in [3.63, 3.8) is 0 Å². The molecule has 0 saturated heterocycles. The molecule has 7 nitrogen and oxygen atoms in total. The van der Waals surface area contributed by atoms with Gasteiger partial charge in [-0.25, -0.2) is 4.98 Å². The number of rotatable bonds is 6. The molecule has 2 heterocycles. The third-order valence-corrected chi connectivity index (χ3v) is 5.13. The number of anilines is 2. The fraction of sp³-hybridized carbons (Fsp3) is 0.500. The van der Waals surface area contributed by atoms with Crippen LogP contribution in [0.4, 0.5) is 10.9 Å². The van der Waals surface area contributed by atoms with E-state index >= 15 is 0 Å². The van der Waals surface area contributed by atoms with Gasteiger partial charge in [0.25, 0.3) is 0 Å². The lowest BCUT2D eigenvalue weighted by Crippen LogP contribution is -2.25. The number of nitrogens with zero attached hydrogens (tertiary/aromatic N) is 2. The van der Waals surface area contributed by atoms with E-state index < -0.39 is 5.25 Å². The van der Waals surface area contributed by atoms with Crippen molar-refractivity contribution in [2.24, 2.45) is 0 Å². The van der Waals surface area contributed by atoms with Gasteiger partial charge in [0.2, 0.25) is 11.8 Å². The SMILES string of the molecule is Cc1cc(NC(=O)C(C)SCC(=O)Nc2nc(C(C)(C)C)cs2)no1. The summed E-state index contributed by atoms with van der Waals surface area (Å²) in [6.45, 7) is 9.69. The molecule has 1 atom stereocenters. The molecule has 9 heteroatoms. The molecule has 0 saturated carbocycles. The lowest BCUT2D eigenvalue weighted by atomic mass is 9.93. The Hall–Kier alpha value is -1.87. The topological polar surface area (TPSA) is 97.1 Å². The van der Waals surface area contributed by atoms with Gasteiger partial charge in [0.1, 0.15) is 5.76 Å². The molecule has 0 fully saturated rings. The Morgan fingerprint density at radius 3 is 2.64 bits per heavy atom. The minimum Gasteiger partial charge on any atom is -0.360 e.